The summed E-state index contributed by atoms with van der Waals surface area (Å²) in [5.74, 6) is -0.445. The van der Waals surface area contributed by atoms with Crippen molar-refractivity contribution in [1.82, 2.24) is 20.6 Å². The number of nitrogens with one attached hydrogen (secondary N) is 3. The maximum atomic E-state index is 13.4. The fourth-order valence-corrected chi connectivity index (χ4v) is 4.78. The molecule has 1 fully saturated rings. The Morgan fingerprint density at radius 1 is 1.57 bits per heavy atom. The van der Waals surface area contributed by atoms with Gasteiger partial charge < -0.3 is 0 Å². The lowest BCUT2D eigenvalue weighted by molar-refractivity contribution is 0.0392. The number of aliphatic imine (C=N–C) groups is 1. The number of halogens is 2. The van der Waals surface area contributed by atoms with Crippen LogP contribution in [0.2, 0.25) is 0 Å². The van der Waals surface area contributed by atoms with E-state index in [1.807, 2.05) is 12.4 Å². The van der Waals surface area contributed by atoms with Crippen molar-refractivity contribution in [1.29, 1.82) is 0 Å². The molecule has 14 heteroatoms. The zero-order valence-corrected chi connectivity index (χ0v) is 18.6. The Morgan fingerprint density at radius 3 is 2.93 bits per heavy atom. The van der Waals surface area contributed by atoms with E-state index in [2.05, 4.69) is 36.9 Å². The molecule has 1 atom stereocenters. The van der Waals surface area contributed by atoms with Crippen molar-refractivity contribution >= 4 is 43.5 Å². The van der Waals surface area contributed by atoms with Gasteiger partial charge in [0, 0.05) is 25.0 Å². The lowest BCUT2D eigenvalue weighted by Crippen LogP contribution is -2.63. The van der Waals surface area contributed by atoms with Crippen LogP contribution in [0.1, 0.15) is 13.8 Å². The van der Waals surface area contributed by atoms with Crippen LogP contribution in [-0.4, -0.2) is 61.9 Å². The van der Waals surface area contributed by atoms with Crippen LogP contribution in [-0.2, 0) is 19.4 Å². The highest BCUT2D eigenvalue weighted by molar-refractivity contribution is 9.10. The van der Waals surface area contributed by atoms with Crippen molar-refractivity contribution in [2.45, 2.75) is 20.0 Å². The first-order valence-corrected chi connectivity index (χ1v) is 11.1. The molecule has 0 bridgehead atoms. The molecule has 1 aromatic rings. The van der Waals surface area contributed by atoms with Gasteiger partial charge in [-0.25, -0.2) is 9.38 Å². The molecule has 0 amide bonds. The summed E-state index contributed by atoms with van der Waals surface area (Å²) < 4.78 is 43.5. The third-order valence-electron chi connectivity index (χ3n) is 4.51. The van der Waals surface area contributed by atoms with Crippen LogP contribution in [0.3, 0.4) is 0 Å². The van der Waals surface area contributed by atoms with E-state index in [1.165, 1.54) is 22.5 Å². The van der Waals surface area contributed by atoms with Crippen LogP contribution in [0.25, 0.3) is 0 Å². The Balaban J connectivity index is 1.63. The molecule has 0 aromatic heterocycles. The largest absolute Gasteiger partial charge is 0.338 e. The summed E-state index contributed by atoms with van der Waals surface area (Å²) in [6.07, 6.45) is -0.623. The molecule has 3 rings (SSSR count). The first-order valence-electron chi connectivity index (χ1n) is 8.99. The van der Waals surface area contributed by atoms with Gasteiger partial charge in [0.05, 0.1) is 16.8 Å². The molecular weight excluding hydrogens is 487 g/mol. The number of nitrogens with zero attached hydrogens (tertiary/aromatic N) is 3. The lowest BCUT2D eigenvalue weighted by Gasteiger charge is -2.46. The van der Waals surface area contributed by atoms with E-state index >= 15 is 0 Å². The van der Waals surface area contributed by atoms with Crippen LogP contribution < -0.4 is 16.3 Å². The first kappa shape index (κ1) is 23.0. The van der Waals surface area contributed by atoms with Crippen molar-refractivity contribution < 1.29 is 27.1 Å². The van der Waals surface area contributed by atoms with E-state index in [1.54, 1.807) is 6.92 Å². The first-order chi connectivity index (χ1) is 14.2. The van der Waals surface area contributed by atoms with E-state index < -0.39 is 22.3 Å². The molecule has 0 aliphatic carbocycles. The van der Waals surface area contributed by atoms with Crippen LogP contribution in [0.4, 0.5) is 10.1 Å². The van der Waals surface area contributed by atoms with Crippen molar-refractivity contribution in [3.63, 3.8) is 0 Å². The number of benzene rings is 1. The zero-order valence-electron chi connectivity index (χ0n) is 16.2. The van der Waals surface area contributed by atoms with Gasteiger partial charge in [-0.15, -0.1) is 5.48 Å². The second-order valence-electron chi connectivity index (χ2n) is 7.11. The SMILES string of the molecule is CCOS(=O)(=O)N1CC(C)(CNC2NON=C2C(=Nc2ccc(F)c(Br)c2)NO)C1. The van der Waals surface area contributed by atoms with Crippen LogP contribution in [0.5, 0.6) is 0 Å². The number of hydrogen-bond donors (Lipinski definition) is 4. The van der Waals surface area contributed by atoms with Crippen molar-refractivity contribution in [3.8, 4) is 0 Å². The van der Waals surface area contributed by atoms with E-state index in [-0.39, 0.29) is 28.0 Å². The highest BCUT2D eigenvalue weighted by atomic mass is 79.9. The molecule has 11 nitrogen and oxygen atoms in total. The molecule has 166 valence electrons. The Morgan fingerprint density at radius 2 is 2.30 bits per heavy atom. The lowest BCUT2D eigenvalue weighted by atomic mass is 9.84. The fourth-order valence-electron chi connectivity index (χ4n) is 3.03. The quantitative estimate of drug-likeness (QED) is 0.232. The predicted molar refractivity (Wildman–Crippen MR) is 110 cm³/mol. The number of hydroxylamine groups is 2. The monoisotopic (exact) mass is 508 g/mol. The van der Waals surface area contributed by atoms with E-state index in [0.717, 1.165) is 0 Å². The number of amidine groups is 1. The minimum absolute atomic E-state index is 0.00433. The minimum atomic E-state index is -3.70. The van der Waals surface area contributed by atoms with Crippen LogP contribution in [0, 0.1) is 11.2 Å². The highest BCUT2D eigenvalue weighted by Gasteiger charge is 2.45. The molecule has 0 radical (unpaired) electrons. The molecule has 2 heterocycles. The zero-order chi connectivity index (χ0) is 21.9. The summed E-state index contributed by atoms with van der Waals surface area (Å²) in [6.45, 7) is 4.64. The molecule has 30 heavy (non-hydrogen) atoms. The van der Waals surface area contributed by atoms with E-state index in [0.29, 0.717) is 25.3 Å². The summed E-state index contributed by atoms with van der Waals surface area (Å²) in [7, 11) is -3.70. The van der Waals surface area contributed by atoms with Crippen molar-refractivity contribution in [3.05, 3.63) is 28.5 Å². The molecule has 0 spiro atoms. The number of oxime groups is 1. The van der Waals surface area contributed by atoms with Gasteiger partial charge in [-0.1, -0.05) is 12.1 Å². The topological polar surface area (TPSA) is 137 Å². The fraction of sp³-hybridized carbons (Fsp3) is 0.500. The number of hydrogen-bond acceptors (Lipinski definition) is 9. The molecule has 2 aliphatic heterocycles. The van der Waals surface area contributed by atoms with E-state index in [9.17, 15) is 18.0 Å². The third kappa shape index (κ3) is 5.14. The van der Waals surface area contributed by atoms with Crippen molar-refractivity contribution in [2.24, 2.45) is 15.6 Å². The Bertz CT molecular complexity index is 953. The molecule has 2 aliphatic rings. The molecule has 4 N–H and O–H groups in total. The van der Waals surface area contributed by atoms with Gasteiger partial charge in [0.25, 0.3) is 0 Å². The van der Waals surface area contributed by atoms with Crippen molar-refractivity contribution in [2.75, 3.05) is 26.2 Å². The summed E-state index contributed by atoms with van der Waals surface area (Å²) in [5, 5.41) is 16.5. The second kappa shape index (κ2) is 9.21. The summed E-state index contributed by atoms with van der Waals surface area (Å²) in [6, 6.07) is 4.12. The summed E-state index contributed by atoms with van der Waals surface area (Å²) >= 11 is 3.08. The van der Waals surface area contributed by atoms with Gasteiger partial charge in [0.15, 0.2) is 11.5 Å². The minimum Gasteiger partial charge on any atom is -0.297 e. The standard InChI is InChI=1S/C16H22BrFN6O5S/c1-3-28-30(26,27)24-8-16(2,9-24)7-19-14-13(22-29-23-14)15(21-25)20-10-4-5-12(18)11(17)6-10/h4-6,14,19,23,25H,3,7-9H2,1-2H3,(H,20,21). The molecular formula is C16H22BrFN6O5S. The molecule has 1 aromatic carbocycles. The molecule has 1 unspecified atom stereocenters. The number of rotatable bonds is 8. The molecule has 0 saturated carbocycles. The van der Waals surface area contributed by atoms with Gasteiger partial charge in [0.1, 0.15) is 12.0 Å². The second-order valence-corrected chi connectivity index (χ2v) is 9.58. The van der Waals surface area contributed by atoms with E-state index in [4.69, 9.17) is 9.12 Å². The van der Waals surface area contributed by atoms with Gasteiger partial charge in [0.2, 0.25) is 0 Å². The predicted octanol–water partition coefficient (Wildman–Crippen LogP) is 1.01. The smallest absolute Gasteiger partial charge is 0.297 e. The maximum Gasteiger partial charge on any atom is 0.338 e. The normalized spacial score (nSPS) is 21.7. The average Bonchev–Trinajstić information content (AvgIpc) is 3.13. The van der Waals surface area contributed by atoms with Gasteiger partial charge in [-0.05, 0) is 41.1 Å². The highest BCUT2D eigenvalue weighted by Crippen LogP contribution is 2.32. The Hall–Kier alpha value is -1.68. The maximum absolute atomic E-state index is 13.4. The Labute approximate surface area is 181 Å². The molecule has 1 saturated heterocycles. The third-order valence-corrected chi connectivity index (χ3v) is 6.54. The van der Waals surface area contributed by atoms with Crippen LogP contribution >= 0.6 is 15.9 Å². The van der Waals surface area contributed by atoms with Crippen LogP contribution in [0.15, 0.2) is 32.8 Å². The summed E-state index contributed by atoms with van der Waals surface area (Å²) in [5.41, 5.74) is 4.89. The average molecular weight is 509 g/mol. The summed E-state index contributed by atoms with van der Waals surface area (Å²) in [4.78, 5) is 9.12. The van der Waals surface area contributed by atoms with Gasteiger partial charge in [-0.3, -0.25) is 25.1 Å². The van der Waals surface area contributed by atoms with Gasteiger partial charge in [-0.2, -0.15) is 12.7 Å². The van der Waals surface area contributed by atoms with Gasteiger partial charge >= 0.3 is 10.3 Å². The Kier molecular flexibility index (Phi) is 7.06.